The topological polar surface area (TPSA) is 76.8 Å². The summed E-state index contributed by atoms with van der Waals surface area (Å²) in [7, 11) is 0. The molecule has 0 amide bonds. The summed E-state index contributed by atoms with van der Waals surface area (Å²) in [5.74, 6) is 1.55. The predicted octanol–water partition coefficient (Wildman–Crippen LogP) is 3.03. The fourth-order valence-corrected chi connectivity index (χ4v) is 4.32. The number of pyridine rings is 1. The van der Waals surface area contributed by atoms with E-state index in [1.165, 1.54) is 19.3 Å². The van der Waals surface area contributed by atoms with Crippen LogP contribution in [0.4, 0.5) is 0 Å². The molecule has 7 nitrogen and oxygen atoms in total. The van der Waals surface area contributed by atoms with E-state index in [0.29, 0.717) is 12.5 Å². The van der Waals surface area contributed by atoms with Crippen LogP contribution >= 0.6 is 0 Å². The molecule has 0 radical (unpaired) electrons. The summed E-state index contributed by atoms with van der Waals surface area (Å²) in [4.78, 5) is 28.2. The van der Waals surface area contributed by atoms with Gasteiger partial charge in [0.15, 0.2) is 0 Å². The molecule has 1 aliphatic heterocycles. The standard InChI is InChI=1S/C23H26N6O/c30-22-9-8-21(19-6-2-10-24-14-19)27-29(22)16-20-7-3-11-28(20)15-17-12-25-23(26-13-17)18-4-1-5-18/h2,6,8-10,12-14,18,20H,1,3-5,7,11,15-16H2. The molecule has 1 saturated carbocycles. The van der Waals surface area contributed by atoms with Crippen molar-refractivity contribution in [3.8, 4) is 11.3 Å². The lowest BCUT2D eigenvalue weighted by atomic mass is 9.85. The van der Waals surface area contributed by atoms with Gasteiger partial charge in [-0.2, -0.15) is 5.10 Å². The molecule has 0 spiro atoms. The minimum absolute atomic E-state index is 0.0670. The molecule has 154 valence electrons. The Morgan fingerprint density at radius 1 is 1.00 bits per heavy atom. The Balaban J connectivity index is 1.29. The van der Waals surface area contributed by atoms with Crippen molar-refractivity contribution in [3.63, 3.8) is 0 Å². The molecule has 2 aliphatic rings. The third-order valence-electron chi connectivity index (χ3n) is 6.29. The summed E-state index contributed by atoms with van der Waals surface area (Å²) in [6.07, 6.45) is 13.4. The van der Waals surface area contributed by atoms with Crippen LogP contribution < -0.4 is 5.56 Å². The first-order valence-corrected chi connectivity index (χ1v) is 10.8. The lowest BCUT2D eigenvalue weighted by Crippen LogP contribution is -2.36. The highest BCUT2D eigenvalue weighted by Gasteiger charge is 2.26. The highest BCUT2D eigenvalue weighted by atomic mass is 16.1. The van der Waals surface area contributed by atoms with Crippen LogP contribution in [0.15, 0.2) is 53.8 Å². The highest BCUT2D eigenvalue weighted by Crippen LogP contribution is 2.34. The molecular formula is C23H26N6O. The molecule has 3 aromatic rings. The zero-order valence-corrected chi connectivity index (χ0v) is 17.0. The quantitative estimate of drug-likeness (QED) is 0.631. The number of aromatic nitrogens is 5. The van der Waals surface area contributed by atoms with Crippen LogP contribution in [-0.4, -0.2) is 42.2 Å². The van der Waals surface area contributed by atoms with Crippen molar-refractivity contribution in [1.29, 1.82) is 0 Å². The molecular weight excluding hydrogens is 376 g/mol. The lowest BCUT2D eigenvalue weighted by molar-refractivity contribution is 0.216. The fraction of sp³-hybridized carbons (Fsp3) is 0.435. The van der Waals surface area contributed by atoms with Crippen molar-refractivity contribution in [2.75, 3.05) is 6.54 Å². The van der Waals surface area contributed by atoms with Gasteiger partial charge in [0, 0.05) is 60.5 Å². The maximum atomic E-state index is 12.4. The van der Waals surface area contributed by atoms with Crippen LogP contribution in [0.1, 0.15) is 49.4 Å². The summed E-state index contributed by atoms with van der Waals surface area (Å²) in [6.45, 7) is 2.42. The van der Waals surface area contributed by atoms with Crippen LogP contribution in [0.2, 0.25) is 0 Å². The van der Waals surface area contributed by atoms with Crippen molar-refractivity contribution in [2.24, 2.45) is 0 Å². The molecule has 1 saturated heterocycles. The van der Waals surface area contributed by atoms with E-state index in [1.807, 2.05) is 24.5 Å². The normalized spacial score (nSPS) is 19.7. The Morgan fingerprint density at radius 2 is 1.87 bits per heavy atom. The monoisotopic (exact) mass is 402 g/mol. The molecule has 1 aliphatic carbocycles. The molecule has 0 bridgehead atoms. The molecule has 7 heteroatoms. The molecule has 2 fully saturated rings. The van der Waals surface area contributed by atoms with Crippen LogP contribution in [0.25, 0.3) is 11.3 Å². The van der Waals surface area contributed by atoms with E-state index < -0.39 is 0 Å². The zero-order chi connectivity index (χ0) is 20.3. The first-order valence-electron chi connectivity index (χ1n) is 10.8. The third-order valence-corrected chi connectivity index (χ3v) is 6.29. The van der Waals surface area contributed by atoms with Gasteiger partial charge in [-0.3, -0.25) is 14.7 Å². The van der Waals surface area contributed by atoms with Gasteiger partial charge >= 0.3 is 0 Å². The van der Waals surface area contributed by atoms with Gasteiger partial charge in [-0.25, -0.2) is 14.6 Å². The van der Waals surface area contributed by atoms with Crippen molar-refractivity contribution in [2.45, 2.75) is 57.2 Å². The maximum Gasteiger partial charge on any atom is 0.266 e. The maximum absolute atomic E-state index is 12.4. The van der Waals surface area contributed by atoms with E-state index in [0.717, 1.165) is 48.6 Å². The Hall–Kier alpha value is -2.93. The Morgan fingerprint density at radius 3 is 2.60 bits per heavy atom. The number of likely N-dealkylation sites (tertiary alicyclic amines) is 1. The fourth-order valence-electron chi connectivity index (χ4n) is 4.32. The minimum atomic E-state index is -0.0670. The van der Waals surface area contributed by atoms with E-state index in [4.69, 9.17) is 0 Å². The minimum Gasteiger partial charge on any atom is -0.294 e. The van der Waals surface area contributed by atoms with Gasteiger partial charge in [0.25, 0.3) is 5.56 Å². The molecule has 0 N–H and O–H groups in total. The Kier molecular flexibility index (Phi) is 5.36. The van der Waals surface area contributed by atoms with Crippen LogP contribution in [-0.2, 0) is 13.1 Å². The van der Waals surface area contributed by atoms with Gasteiger partial charge in [0.2, 0.25) is 0 Å². The molecule has 5 rings (SSSR count). The second-order valence-corrected chi connectivity index (χ2v) is 8.32. The molecule has 1 atom stereocenters. The van der Waals surface area contributed by atoms with Gasteiger partial charge in [-0.05, 0) is 50.4 Å². The van der Waals surface area contributed by atoms with Gasteiger partial charge < -0.3 is 0 Å². The second-order valence-electron chi connectivity index (χ2n) is 8.32. The summed E-state index contributed by atoms with van der Waals surface area (Å²) < 4.78 is 1.60. The molecule has 30 heavy (non-hydrogen) atoms. The summed E-state index contributed by atoms with van der Waals surface area (Å²) >= 11 is 0. The number of hydrogen-bond donors (Lipinski definition) is 0. The van der Waals surface area contributed by atoms with Crippen molar-refractivity contribution in [3.05, 3.63) is 70.8 Å². The third kappa shape index (κ3) is 4.03. The molecule has 3 aromatic heterocycles. The summed E-state index contributed by atoms with van der Waals surface area (Å²) in [6, 6.07) is 7.49. The molecule has 1 unspecified atom stereocenters. The van der Waals surface area contributed by atoms with E-state index in [9.17, 15) is 4.79 Å². The van der Waals surface area contributed by atoms with E-state index in [-0.39, 0.29) is 11.6 Å². The van der Waals surface area contributed by atoms with Crippen molar-refractivity contribution in [1.82, 2.24) is 29.6 Å². The molecule has 4 heterocycles. The van der Waals surface area contributed by atoms with Crippen molar-refractivity contribution < 1.29 is 0 Å². The number of rotatable bonds is 6. The largest absolute Gasteiger partial charge is 0.294 e. The lowest BCUT2D eigenvalue weighted by Gasteiger charge is -2.26. The average molecular weight is 403 g/mol. The SMILES string of the molecule is O=c1ccc(-c2cccnc2)nn1CC1CCCN1Cc1cnc(C2CCC2)nc1. The predicted molar refractivity (Wildman–Crippen MR) is 114 cm³/mol. The smallest absolute Gasteiger partial charge is 0.266 e. The van der Waals surface area contributed by atoms with E-state index >= 15 is 0 Å². The van der Waals surface area contributed by atoms with Crippen LogP contribution in [0.3, 0.4) is 0 Å². The van der Waals surface area contributed by atoms with E-state index in [2.05, 4.69) is 25.0 Å². The number of hydrogen-bond acceptors (Lipinski definition) is 6. The first kappa shape index (κ1) is 19.1. The highest BCUT2D eigenvalue weighted by molar-refractivity contribution is 5.56. The van der Waals surface area contributed by atoms with E-state index in [1.54, 1.807) is 29.2 Å². The number of nitrogens with zero attached hydrogens (tertiary/aromatic N) is 6. The van der Waals surface area contributed by atoms with Crippen LogP contribution in [0.5, 0.6) is 0 Å². The molecule has 0 aromatic carbocycles. The van der Waals surface area contributed by atoms with Gasteiger partial charge in [0.1, 0.15) is 5.82 Å². The first-order chi connectivity index (χ1) is 14.8. The van der Waals surface area contributed by atoms with Crippen molar-refractivity contribution >= 4 is 0 Å². The van der Waals surface area contributed by atoms with Gasteiger partial charge in [-0.1, -0.05) is 6.42 Å². The average Bonchev–Trinajstić information content (AvgIpc) is 3.17. The van der Waals surface area contributed by atoms with Gasteiger partial charge in [0.05, 0.1) is 12.2 Å². The summed E-state index contributed by atoms with van der Waals surface area (Å²) in [5, 5.41) is 4.61. The second kappa shape index (κ2) is 8.44. The van der Waals surface area contributed by atoms with Crippen LogP contribution in [0, 0.1) is 0 Å². The Labute approximate surface area is 175 Å². The van der Waals surface area contributed by atoms with Gasteiger partial charge in [-0.15, -0.1) is 0 Å². The Bertz CT molecular complexity index is 1050. The zero-order valence-electron chi connectivity index (χ0n) is 17.0. The summed E-state index contributed by atoms with van der Waals surface area (Å²) in [5.41, 5.74) is 2.75.